The predicted molar refractivity (Wildman–Crippen MR) is 105 cm³/mol. The van der Waals surface area contributed by atoms with Crippen LogP contribution in [0.25, 0.3) is 0 Å². The van der Waals surface area contributed by atoms with Crippen LogP contribution in [0.1, 0.15) is 31.0 Å². The number of nitrogens with one attached hydrogen (secondary N) is 1. The predicted octanol–water partition coefficient (Wildman–Crippen LogP) is 2.32. The van der Waals surface area contributed by atoms with E-state index in [-0.39, 0.29) is 4.90 Å². The van der Waals surface area contributed by atoms with Crippen LogP contribution in [0.15, 0.2) is 35.2 Å². The highest BCUT2D eigenvalue weighted by atomic mass is 32.2. The Hall–Kier alpha value is -2.19. The van der Waals surface area contributed by atoms with E-state index < -0.39 is 10.0 Å². The molecule has 142 valence electrons. The minimum atomic E-state index is -3.65. The second kappa shape index (κ2) is 8.95. The van der Waals surface area contributed by atoms with E-state index in [2.05, 4.69) is 27.1 Å². The van der Waals surface area contributed by atoms with Gasteiger partial charge in [-0.3, -0.25) is 0 Å². The molecule has 0 amide bonds. The van der Waals surface area contributed by atoms with Crippen LogP contribution in [0.5, 0.6) is 0 Å². The van der Waals surface area contributed by atoms with Crippen molar-refractivity contribution in [1.82, 2.24) is 9.97 Å². The van der Waals surface area contributed by atoms with Gasteiger partial charge in [0.15, 0.2) is 0 Å². The van der Waals surface area contributed by atoms with E-state index in [0.29, 0.717) is 12.5 Å². The van der Waals surface area contributed by atoms with Crippen molar-refractivity contribution in [3.8, 4) is 0 Å². The Bertz CT molecular complexity index is 822. The lowest BCUT2D eigenvalue weighted by Gasteiger charge is -2.19. The fraction of sp³-hybridized carbons (Fsp3) is 0.444. The largest absolute Gasteiger partial charge is 0.360 e. The lowest BCUT2D eigenvalue weighted by Crippen LogP contribution is -2.21. The Morgan fingerprint density at radius 1 is 1.19 bits per heavy atom. The van der Waals surface area contributed by atoms with Crippen LogP contribution in [0, 0.1) is 6.92 Å². The summed E-state index contributed by atoms with van der Waals surface area (Å²) in [7, 11) is -1.61. The number of nitrogens with zero attached hydrogens (tertiary/aromatic N) is 3. The highest BCUT2D eigenvalue weighted by Gasteiger charge is 2.08. The number of anilines is 2. The average molecular weight is 378 g/mol. The quantitative estimate of drug-likeness (QED) is 0.695. The lowest BCUT2D eigenvalue weighted by molar-refractivity contribution is 0.598. The molecule has 0 spiro atoms. The number of aryl methyl sites for hydroxylation is 1. The van der Waals surface area contributed by atoms with Gasteiger partial charge in [0.2, 0.25) is 16.0 Å². The van der Waals surface area contributed by atoms with Gasteiger partial charge in [0.1, 0.15) is 5.82 Å². The molecule has 0 aliphatic rings. The van der Waals surface area contributed by atoms with E-state index >= 15 is 0 Å². The minimum absolute atomic E-state index is 0.121. The topological polar surface area (TPSA) is 101 Å². The van der Waals surface area contributed by atoms with Gasteiger partial charge in [-0.25, -0.2) is 18.5 Å². The molecule has 26 heavy (non-hydrogen) atoms. The van der Waals surface area contributed by atoms with Crippen LogP contribution in [0.2, 0.25) is 0 Å². The van der Waals surface area contributed by atoms with Gasteiger partial charge in [-0.2, -0.15) is 4.98 Å². The Labute approximate surface area is 155 Å². The third-order valence-corrected chi connectivity index (χ3v) is 4.96. The normalized spacial score (nSPS) is 11.4. The maximum Gasteiger partial charge on any atom is 0.238 e. The van der Waals surface area contributed by atoms with Crippen LogP contribution in [-0.2, 0) is 16.4 Å². The van der Waals surface area contributed by atoms with Crippen molar-refractivity contribution in [2.45, 2.75) is 38.0 Å². The fourth-order valence-electron chi connectivity index (χ4n) is 2.50. The van der Waals surface area contributed by atoms with Crippen molar-refractivity contribution in [1.29, 1.82) is 0 Å². The zero-order valence-electron chi connectivity index (χ0n) is 15.6. The first-order valence-corrected chi connectivity index (χ1v) is 10.3. The first kappa shape index (κ1) is 20.1. The van der Waals surface area contributed by atoms with E-state index in [4.69, 9.17) is 5.14 Å². The first-order valence-electron chi connectivity index (χ1n) is 8.72. The molecule has 2 aromatic rings. The maximum atomic E-state index is 11.3. The van der Waals surface area contributed by atoms with Crippen molar-refractivity contribution in [3.05, 3.63) is 41.6 Å². The molecule has 1 heterocycles. The smallest absolute Gasteiger partial charge is 0.238 e. The number of hydrogen-bond acceptors (Lipinski definition) is 6. The van der Waals surface area contributed by atoms with Gasteiger partial charge in [-0.05, 0) is 37.5 Å². The molecular weight excluding hydrogens is 350 g/mol. The standard InChI is InChI=1S/C18H27N5O2S/c1-4-5-12-23(3)17-13-14(2)21-18(22-17)20-11-10-15-6-8-16(9-7-15)26(19,24)25/h6-9,13H,4-5,10-12H2,1-3H3,(H2,19,24,25)(H,20,21,22). The highest BCUT2D eigenvalue weighted by molar-refractivity contribution is 7.89. The summed E-state index contributed by atoms with van der Waals surface area (Å²) in [4.78, 5) is 11.3. The number of aromatic nitrogens is 2. The lowest BCUT2D eigenvalue weighted by atomic mass is 10.1. The summed E-state index contributed by atoms with van der Waals surface area (Å²) in [6.45, 7) is 5.73. The van der Waals surface area contributed by atoms with E-state index in [1.165, 1.54) is 12.1 Å². The van der Waals surface area contributed by atoms with E-state index in [1.807, 2.05) is 20.0 Å². The van der Waals surface area contributed by atoms with Crippen LogP contribution >= 0.6 is 0 Å². The van der Waals surface area contributed by atoms with Crippen molar-refractivity contribution in [2.24, 2.45) is 5.14 Å². The van der Waals surface area contributed by atoms with Crippen LogP contribution in [-0.4, -0.2) is 38.5 Å². The molecule has 0 bridgehead atoms. The summed E-state index contributed by atoms with van der Waals surface area (Å²) in [5.74, 6) is 1.51. The Morgan fingerprint density at radius 2 is 1.88 bits per heavy atom. The molecule has 1 aromatic carbocycles. The molecule has 0 atom stereocenters. The molecule has 0 fully saturated rings. The highest BCUT2D eigenvalue weighted by Crippen LogP contribution is 2.14. The zero-order chi connectivity index (χ0) is 19.2. The van der Waals surface area contributed by atoms with Crippen LogP contribution in [0.3, 0.4) is 0 Å². The van der Waals surface area contributed by atoms with Gasteiger partial charge in [0, 0.05) is 31.9 Å². The molecule has 0 saturated heterocycles. The number of benzene rings is 1. The van der Waals surface area contributed by atoms with Crippen LogP contribution < -0.4 is 15.4 Å². The van der Waals surface area contributed by atoms with Crippen molar-refractivity contribution < 1.29 is 8.42 Å². The third kappa shape index (κ3) is 5.96. The second-order valence-corrected chi connectivity index (χ2v) is 7.89. The molecule has 0 aliphatic carbocycles. The molecule has 0 saturated carbocycles. The van der Waals surface area contributed by atoms with Crippen molar-refractivity contribution in [3.63, 3.8) is 0 Å². The second-order valence-electron chi connectivity index (χ2n) is 6.33. The molecule has 3 N–H and O–H groups in total. The Morgan fingerprint density at radius 3 is 2.50 bits per heavy atom. The molecule has 0 radical (unpaired) electrons. The number of sulfonamides is 1. The Balaban J connectivity index is 1.96. The molecule has 7 nitrogen and oxygen atoms in total. The number of unbranched alkanes of at least 4 members (excludes halogenated alkanes) is 1. The third-order valence-electron chi connectivity index (χ3n) is 4.03. The van der Waals surface area contributed by atoms with Crippen LogP contribution in [0.4, 0.5) is 11.8 Å². The van der Waals surface area contributed by atoms with Crippen molar-refractivity contribution >= 4 is 21.8 Å². The van der Waals surface area contributed by atoms with E-state index in [9.17, 15) is 8.42 Å². The minimum Gasteiger partial charge on any atom is -0.360 e. The van der Waals surface area contributed by atoms with Gasteiger partial charge in [-0.1, -0.05) is 25.5 Å². The molecule has 0 aliphatic heterocycles. The van der Waals surface area contributed by atoms with Gasteiger partial charge >= 0.3 is 0 Å². The summed E-state index contributed by atoms with van der Waals surface area (Å²) in [5.41, 5.74) is 1.93. The SMILES string of the molecule is CCCCN(C)c1cc(C)nc(NCCc2ccc(S(N)(=O)=O)cc2)n1. The molecular formula is C18H27N5O2S. The summed E-state index contributed by atoms with van der Waals surface area (Å²) in [6, 6.07) is 8.56. The fourth-order valence-corrected chi connectivity index (χ4v) is 3.02. The van der Waals surface area contributed by atoms with Gasteiger partial charge in [-0.15, -0.1) is 0 Å². The van der Waals surface area contributed by atoms with Gasteiger partial charge in [0.25, 0.3) is 0 Å². The Kier molecular flexibility index (Phi) is 6.93. The van der Waals surface area contributed by atoms with Crippen molar-refractivity contribution in [2.75, 3.05) is 30.4 Å². The zero-order valence-corrected chi connectivity index (χ0v) is 16.4. The number of primary sulfonamides is 1. The summed E-state index contributed by atoms with van der Waals surface area (Å²) in [6.07, 6.45) is 2.99. The summed E-state index contributed by atoms with van der Waals surface area (Å²) < 4.78 is 22.5. The van der Waals surface area contributed by atoms with E-state index in [1.54, 1.807) is 12.1 Å². The number of hydrogen-bond donors (Lipinski definition) is 2. The maximum absolute atomic E-state index is 11.3. The number of nitrogens with two attached hydrogens (primary N) is 1. The summed E-state index contributed by atoms with van der Waals surface area (Å²) in [5, 5.41) is 8.34. The van der Waals surface area contributed by atoms with Gasteiger partial charge < -0.3 is 10.2 Å². The molecule has 0 unspecified atom stereocenters. The monoisotopic (exact) mass is 377 g/mol. The molecule has 2 rings (SSSR count). The molecule has 1 aromatic heterocycles. The average Bonchev–Trinajstić information content (AvgIpc) is 2.59. The van der Waals surface area contributed by atoms with Gasteiger partial charge in [0.05, 0.1) is 4.90 Å². The van der Waals surface area contributed by atoms with E-state index in [0.717, 1.165) is 42.9 Å². The summed E-state index contributed by atoms with van der Waals surface area (Å²) >= 11 is 0. The number of rotatable bonds is 9. The first-order chi connectivity index (χ1) is 12.3. The molecule has 8 heteroatoms.